The van der Waals surface area contributed by atoms with Crippen molar-refractivity contribution in [1.29, 1.82) is 0 Å². The maximum Gasteiger partial charge on any atom is 0.303 e. The van der Waals surface area contributed by atoms with E-state index in [1.54, 1.807) is 0 Å². The molecule has 1 aromatic carbocycles. The number of nitrogens with zero attached hydrogens (tertiary/aromatic N) is 2. The first-order chi connectivity index (χ1) is 10.6. The second-order valence-electron chi connectivity index (χ2n) is 6.05. The molecule has 4 nitrogen and oxygen atoms in total. The van der Waals surface area contributed by atoms with Crippen molar-refractivity contribution in [2.45, 2.75) is 39.7 Å². The molecule has 1 aliphatic rings. The van der Waals surface area contributed by atoms with Crippen LogP contribution >= 0.6 is 0 Å². The average Bonchev–Trinajstić information content (AvgIpc) is 2.51. The van der Waals surface area contributed by atoms with Crippen molar-refractivity contribution >= 4 is 16.9 Å². The molecule has 3 rings (SSSR count). The highest BCUT2D eigenvalue weighted by molar-refractivity contribution is 5.85. The fourth-order valence-electron chi connectivity index (χ4n) is 3.29. The van der Waals surface area contributed by atoms with Gasteiger partial charge in [0.05, 0.1) is 5.52 Å². The van der Waals surface area contributed by atoms with E-state index in [0.29, 0.717) is 6.42 Å². The SMILES string of the molecule is CCN1CCc2nc3ccc(C)cc3c(CCC(=O)O)c2C1. The normalized spacial score (nSPS) is 15.0. The summed E-state index contributed by atoms with van der Waals surface area (Å²) in [5, 5.41) is 10.2. The predicted molar refractivity (Wildman–Crippen MR) is 87.1 cm³/mol. The summed E-state index contributed by atoms with van der Waals surface area (Å²) in [6.07, 6.45) is 1.70. The summed E-state index contributed by atoms with van der Waals surface area (Å²) >= 11 is 0. The van der Waals surface area contributed by atoms with Crippen LogP contribution in [-0.4, -0.2) is 34.0 Å². The molecule has 0 saturated carbocycles. The molecule has 0 fully saturated rings. The minimum atomic E-state index is -0.741. The average molecular weight is 298 g/mol. The Morgan fingerprint density at radius 3 is 2.95 bits per heavy atom. The third-order valence-electron chi connectivity index (χ3n) is 4.53. The summed E-state index contributed by atoms with van der Waals surface area (Å²) in [6, 6.07) is 6.27. The van der Waals surface area contributed by atoms with Gasteiger partial charge in [-0.05, 0) is 43.1 Å². The van der Waals surface area contributed by atoms with E-state index in [-0.39, 0.29) is 6.42 Å². The maximum atomic E-state index is 11.0. The van der Waals surface area contributed by atoms with Crippen LogP contribution in [0.25, 0.3) is 10.9 Å². The van der Waals surface area contributed by atoms with Gasteiger partial charge >= 0.3 is 5.97 Å². The highest BCUT2D eigenvalue weighted by Crippen LogP contribution is 2.29. The van der Waals surface area contributed by atoms with Crippen LogP contribution in [0, 0.1) is 6.92 Å². The van der Waals surface area contributed by atoms with Gasteiger partial charge in [-0.1, -0.05) is 18.6 Å². The van der Waals surface area contributed by atoms with Crippen LogP contribution < -0.4 is 0 Å². The number of pyridine rings is 1. The number of carboxylic acid groups (broad SMARTS) is 1. The fraction of sp³-hybridized carbons (Fsp3) is 0.444. The molecule has 1 N–H and O–H groups in total. The summed E-state index contributed by atoms with van der Waals surface area (Å²) < 4.78 is 0. The number of carbonyl (C=O) groups is 1. The summed E-state index contributed by atoms with van der Waals surface area (Å²) in [6.45, 7) is 7.17. The lowest BCUT2D eigenvalue weighted by Gasteiger charge is -2.29. The third kappa shape index (κ3) is 2.83. The van der Waals surface area contributed by atoms with Crippen LogP contribution in [0.1, 0.15) is 35.7 Å². The van der Waals surface area contributed by atoms with E-state index in [2.05, 4.69) is 36.9 Å². The van der Waals surface area contributed by atoms with Crippen LogP contribution in [0.5, 0.6) is 0 Å². The molecule has 0 aliphatic carbocycles. The molecule has 2 aromatic rings. The van der Waals surface area contributed by atoms with Crippen LogP contribution in [0.2, 0.25) is 0 Å². The Balaban J connectivity index is 2.15. The lowest BCUT2D eigenvalue weighted by atomic mass is 9.92. The molecule has 0 saturated heterocycles. The first kappa shape index (κ1) is 15.0. The number of aromatic nitrogens is 1. The summed E-state index contributed by atoms with van der Waals surface area (Å²) in [5.41, 5.74) is 5.78. The van der Waals surface area contributed by atoms with Crippen LogP contribution in [0.15, 0.2) is 18.2 Å². The van der Waals surface area contributed by atoms with E-state index >= 15 is 0 Å². The van der Waals surface area contributed by atoms with Gasteiger partial charge in [0.2, 0.25) is 0 Å². The second kappa shape index (κ2) is 6.05. The molecule has 0 atom stereocenters. The van der Waals surface area contributed by atoms with Crippen molar-refractivity contribution in [3.63, 3.8) is 0 Å². The number of hydrogen-bond acceptors (Lipinski definition) is 3. The molecule has 0 bridgehead atoms. The topological polar surface area (TPSA) is 53.4 Å². The zero-order valence-corrected chi connectivity index (χ0v) is 13.2. The van der Waals surface area contributed by atoms with Gasteiger partial charge in [0, 0.05) is 37.0 Å². The Hall–Kier alpha value is -1.94. The molecule has 0 unspecified atom stereocenters. The Morgan fingerprint density at radius 2 is 2.23 bits per heavy atom. The molecule has 4 heteroatoms. The van der Waals surface area contributed by atoms with Gasteiger partial charge in [-0.25, -0.2) is 0 Å². The largest absolute Gasteiger partial charge is 0.481 e. The molecule has 22 heavy (non-hydrogen) atoms. The molecular formula is C18H22N2O2. The quantitative estimate of drug-likeness (QED) is 0.943. The molecule has 0 radical (unpaired) electrons. The molecule has 0 spiro atoms. The zero-order valence-electron chi connectivity index (χ0n) is 13.2. The van der Waals surface area contributed by atoms with Gasteiger partial charge in [-0.3, -0.25) is 14.7 Å². The number of fused-ring (bicyclic) bond motifs is 2. The van der Waals surface area contributed by atoms with E-state index < -0.39 is 5.97 Å². The van der Waals surface area contributed by atoms with Gasteiger partial charge in [-0.2, -0.15) is 0 Å². The predicted octanol–water partition coefficient (Wildman–Crippen LogP) is 2.94. The summed E-state index contributed by atoms with van der Waals surface area (Å²) in [5.74, 6) is -0.741. The van der Waals surface area contributed by atoms with E-state index in [0.717, 1.165) is 42.7 Å². The zero-order chi connectivity index (χ0) is 15.7. The van der Waals surface area contributed by atoms with Crippen LogP contribution in [-0.2, 0) is 24.2 Å². The molecule has 1 aliphatic heterocycles. The number of carboxylic acids is 1. The Kier molecular flexibility index (Phi) is 4.12. The lowest BCUT2D eigenvalue weighted by Crippen LogP contribution is -2.31. The van der Waals surface area contributed by atoms with E-state index in [9.17, 15) is 4.79 Å². The smallest absolute Gasteiger partial charge is 0.303 e. The summed E-state index contributed by atoms with van der Waals surface area (Å²) in [4.78, 5) is 18.3. The minimum Gasteiger partial charge on any atom is -0.481 e. The number of aryl methyl sites for hydroxylation is 2. The van der Waals surface area contributed by atoms with Crippen molar-refractivity contribution < 1.29 is 9.90 Å². The monoisotopic (exact) mass is 298 g/mol. The Morgan fingerprint density at radius 1 is 1.41 bits per heavy atom. The van der Waals surface area contributed by atoms with Crippen molar-refractivity contribution in [3.05, 3.63) is 40.6 Å². The number of benzene rings is 1. The highest BCUT2D eigenvalue weighted by atomic mass is 16.4. The van der Waals surface area contributed by atoms with Gasteiger partial charge in [0.25, 0.3) is 0 Å². The van der Waals surface area contributed by atoms with Crippen molar-refractivity contribution in [3.8, 4) is 0 Å². The highest BCUT2D eigenvalue weighted by Gasteiger charge is 2.22. The minimum absolute atomic E-state index is 0.172. The van der Waals surface area contributed by atoms with Gasteiger partial charge in [-0.15, -0.1) is 0 Å². The van der Waals surface area contributed by atoms with Crippen LogP contribution in [0.3, 0.4) is 0 Å². The van der Waals surface area contributed by atoms with E-state index in [1.165, 1.54) is 16.7 Å². The van der Waals surface area contributed by atoms with Crippen molar-refractivity contribution in [2.75, 3.05) is 13.1 Å². The van der Waals surface area contributed by atoms with E-state index in [1.807, 2.05) is 0 Å². The Bertz CT molecular complexity index is 725. The van der Waals surface area contributed by atoms with E-state index in [4.69, 9.17) is 10.1 Å². The first-order valence-electron chi connectivity index (χ1n) is 7.93. The summed E-state index contributed by atoms with van der Waals surface area (Å²) in [7, 11) is 0. The number of rotatable bonds is 4. The third-order valence-corrected chi connectivity index (χ3v) is 4.53. The molecule has 1 aromatic heterocycles. The molecular weight excluding hydrogens is 276 g/mol. The molecule has 2 heterocycles. The first-order valence-corrected chi connectivity index (χ1v) is 7.93. The maximum absolute atomic E-state index is 11.0. The van der Waals surface area contributed by atoms with Crippen molar-refractivity contribution in [1.82, 2.24) is 9.88 Å². The number of aliphatic carboxylic acids is 1. The van der Waals surface area contributed by atoms with Gasteiger partial charge < -0.3 is 5.11 Å². The van der Waals surface area contributed by atoms with Crippen LogP contribution in [0.4, 0.5) is 0 Å². The number of likely N-dealkylation sites (N-methyl/N-ethyl adjacent to an activating group) is 1. The standard InChI is InChI=1S/C18H22N2O2/c1-3-20-9-8-17-15(11-20)13(5-7-18(21)22)14-10-12(2)4-6-16(14)19-17/h4,6,10H,3,5,7-9,11H2,1-2H3,(H,21,22). The van der Waals surface area contributed by atoms with Gasteiger partial charge in [0.15, 0.2) is 0 Å². The molecule has 116 valence electrons. The Labute approximate surface area is 130 Å². The lowest BCUT2D eigenvalue weighted by molar-refractivity contribution is -0.136. The van der Waals surface area contributed by atoms with Gasteiger partial charge in [0.1, 0.15) is 0 Å². The number of hydrogen-bond donors (Lipinski definition) is 1. The molecule has 0 amide bonds. The van der Waals surface area contributed by atoms with Crippen molar-refractivity contribution in [2.24, 2.45) is 0 Å². The fourth-order valence-corrected chi connectivity index (χ4v) is 3.29. The second-order valence-corrected chi connectivity index (χ2v) is 6.05.